The predicted octanol–water partition coefficient (Wildman–Crippen LogP) is 5.38. The lowest BCUT2D eigenvalue weighted by Gasteiger charge is -2.29. The number of aromatic nitrogens is 1. The molecular formula is C20H27ClN2O2S. The molecule has 0 N–H and O–H groups in total. The molecule has 1 fully saturated rings. The van der Waals surface area contributed by atoms with Crippen LogP contribution in [-0.4, -0.2) is 35.4 Å². The zero-order chi connectivity index (χ0) is 18.7. The van der Waals surface area contributed by atoms with Gasteiger partial charge in [0.25, 0.3) is 0 Å². The van der Waals surface area contributed by atoms with E-state index in [9.17, 15) is 0 Å². The molecule has 26 heavy (non-hydrogen) atoms. The molecule has 1 aromatic heterocycles. The van der Waals surface area contributed by atoms with E-state index in [0.29, 0.717) is 24.4 Å². The minimum atomic E-state index is -0.405. The number of likely N-dealkylation sites (tertiary alicyclic amines) is 1. The maximum atomic E-state index is 6.04. The summed E-state index contributed by atoms with van der Waals surface area (Å²) in [6, 6.07) is 7.82. The summed E-state index contributed by atoms with van der Waals surface area (Å²) in [5.41, 5.74) is 0.743. The standard InChI is InChI=1S/C20H27ClN2O2S/c1-14-15(2)26-19(22-14)18-6-5-11-23(18)13-24-12-20(3,4)25-17-9-7-16(21)8-10-17/h7-10,18H,5-6,11-13H2,1-4H3/t18-/m0/s1. The average Bonchev–Trinajstić information content (AvgIpc) is 3.16. The van der Waals surface area contributed by atoms with Crippen LogP contribution < -0.4 is 4.74 Å². The maximum absolute atomic E-state index is 6.04. The van der Waals surface area contributed by atoms with Crippen LogP contribution in [0.15, 0.2) is 24.3 Å². The molecule has 1 atom stereocenters. The van der Waals surface area contributed by atoms with E-state index in [4.69, 9.17) is 26.1 Å². The molecule has 4 nitrogen and oxygen atoms in total. The largest absolute Gasteiger partial charge is 0.485 e. The van der Waals surface area contributed by atoms with Gasteiger partial charge in [0, 0.05) is 16.4 Å². The number of halogens is 1. The minimum absolute atomic E-state index is 0.382. The van der Waals surface area contributed by atoms with Crippen molar-refractivity contribution in [2.45, 2.75) is 52.2 Å². The van der Waals surface area contributed by atoms with Crippen LogP contribution >= 0.6 is 22.9 Å². The van der Waals surface area contributed by atoms with Crippen molar-refractivity contribution in [3.63, 3.8) is 0 Å². The molecule has 0 amide bonds. The van der Waals surface area contributed by atoms with Gasteiger partial charge in [-0.1, -0.05) is 11.6 Å². The molecule has 1 aliphatic rings. The molecule has 0 unspecified atom stereocenters. The number of nitrogens with zero attached hydrogens (tertiary/aromatic N) is 2. The molecule has 0 bridgehead atoms. The third-order valence-corrected chi connectivity index (χ3v) is 6.03. The van der Waals surface area contributed by atoms with Crippen molar-refractivity contribution in [1.82, 2.24) is 9.88 Å². The third kappa shape index (κ3) is 4.97. The first-order valence-corrected chi connectivity index (χ1v) is 10.2. The van der Waals surface area contributed by atoms with Gasteiger partial charge in [0.05, 0.1) is 25.1 Å². The monoisotopic (exact) mass is 394 g/mol. The van der Waals surface area contributed by atoms with Gasteiger partial charge in [-0.15, -0.1) is 11.3 Å². The van der Waals surface area contributed by atoms with Gasteiger partial charge in [0.2, 0.25) is 0 Å². The Hall–Kier alpha value is -1.14. The van der Waals surface area contributed by atoms with E-state index in [1.807, 2.05) is 49.4 Å². The molecule has 142 valence electrons. The van der Waals surface area contributed by atoms with Crippen molar-refractivity contribution >= 4 is 22.9 Å². The van der Waals surface area contributed by atoms with E-state index < -0.39 is 5.60 Å². The number of aryl methyl sites for hydroxylation is 2. The van der Waals surface area contributed by atoms with E-state index in [2.05, 4.69) is 18.7 Å². The van der Waals surface area contributed by atoms with Gasteiger partial charge in [0.1, 0.15) is 16.4 Å². The normalized spacial score (nSPS) is 18.4. The summed E-state index contributed by atoms with van der Waals surface area (Å²) < 4.78 is 12.1. The molecule has 0 aliphatic carbocycles. The van der Waals surface area contributed by atoms with E-state index in [1.165, 1.54) is 16.3 Å². The van der Waals surface area contributed by atoms with Crippen LogP contribution in [0, 0.1) is 13.8 Å². The molecule has 2 aromatic rings. The van der Waals surface area contributed by atoms with E-state index >= 15 is 0 Å². The molecule has 6 heteroatoms. The van der Waals surface area contributed by atoms with Crippen molar-refractivity contribution in [2.75, 3.05) is 19.9 Å². The van der Waals surface area contributed by atoms with Crippen LogP contribution in [0.5, 0.6) is 5.75 Å². The minimum Gasteiger partial charge on any atom is -0.485 e. The van der Waals surface area contributed by atoms with Crippen molar-refractivity contribution in [2.24, 2.45) is 0 Å². The number of rotatable bonds is 7. The molecule has 2 heterocycles. The summed E-state index contributed by atoms with van der Waals surface area (Å²) in [6.45, 7) is 10.5. The van der Waals surface area contributed by atoms with E-state index in [-0.39, 0.29) is 0 Å². The van der Waals surface area contributed by atoms with Gasteiger partial charge in [-0.2, -0.15) is 0 Å². The molecule has 1 aliphatic heterocycles. The van der Waals surface area contributed by atoms with Gasteiger partial charge in [0.15, 0.2) is 0 Å². The van der Waals surface area contributed by atoms with Crippen LogP contribution in [0.25, 0.3) is 0 Å². The smallest absolute Gasteiger partial charge is 0.127 e. The van der Waals surface area contributed by atoms with Crippen LogP contribution in [0.3, 0.4) is 0 Å². The Balaban J connectivity index is 1.52. The Morgan fingerprint density at radius 2 is 2.00 bits per heavy atom. The van der Waals surface area contributed by atoms with Gasteiger partial charge in [-0.3, -0.25) is 4.90 Å². The van der Waals surface area contributed by atoms with Gasteiger partial charge >= 0.3 is 0 Å². The maximum Gasteiger partial charge on any atom is 0.127 e. The Labute approximate surface area is 165 Å². The lowest BCUT2D eigenvalue weighted by Crippen LogP contribution is -2.36. The van der Waals surface area contributed by atoms with E-state index in [0.717, 1.165) is 24.4 Å². The summed E-state index contributed by atoms with van der Waals surface area (Å²) >= 11 is 7.74. The van der Waals surface area contributed by atoms with Crippen molar-refractivity contribution in [3.05, 3.63) is 44.9 Å². The molecule has 3 rings (SSSR count). The van der Waals surface area contributed by atoms with E-state index in [1.54, 1.807) is 0 Å². The first-order chi connectivity index (χ1) is 12.3. The number of benzene rings is 1. The van der Waals surface area contributed by atoms with Crippen LogP contribution in [0.2, 0.25) is 5.02 Å². The second-order valence-electron chi connectivity index (χ2n) is 7.46. The Bertz CT molecular complexity index is 710. The zero-order valence-corrected chi connectivity index (χ0v) is 17.5. The Kier molecular flexibility index (Phi) is 6.23. The highest BCUT2D eigenvalue weighted by atomic mass is 35.5. The Morgan fingerprint density at radius 3 is 2.65 bits per heavy atom. The van der Waals surface area contributed by atoms with Gasteiger partial charge < -0.3 is 9.47 Å². The van der Waals surface area contributed by atoms with Gasteiger partial charge in [-0.05, 0) is 64.8 Å². The first-order valence-electron chi connectivity index (χ1n) is 9.04. The van der Waals surface area contributed by atoms with Crippen molar-refractivity contribution in [1.29, 1.82) is 0 Å². The molecule has 1 saturated heterocycles. The van der Waals surface area contributed by atoms with Crippen LogP contribution in [0.4, 0.5) is 0 Å². The molecule has 0 radical (unpaired) electrons. The van der Waals surface area contributed by atoms with Crippen molar-refractivity contribution < 1.29 is 9.47 Å². The quantitative estimate of drug-likeness (QED) is 0.631. The molecule has 1 aromatic carbocycles. The Morgan fingerprint density at radius 1 is 1.27 bits per heavy atom. The van der Waals surface area contributed by atoms with Gasteiger partial charge in [-0.25, -0.2) is 4.98 Å². The average molecular weight is 395 g/mol. The lowest BCUT2D eigenvalue weighted by molar-refractivity contribution is -0.0475. The fraction of sp³-hybridized carbons (Fsp3) is 0.550. The molecule has 0 saturated carbocycles. The van der Waals surface area contributed by atoms with Crippen LogP contribution in [-0.2, 0) is 4.74 Å². The lowest BCUT2D eigenvalue weighted by atomic mass is 10.1. The highest BCUT2D eigenvalue weighted by molar-refractivity contribution is 7.11. The highest BCUT2D eigenvalue weighted by Gasteiger charge is 2.29. The summed E-state index contributed by atoms with van der Waals surface area (Å²) in [7, 11) is 0. The number of thiazole rings is 1. The third-order valence-electron chi connectivity index (χ3n) is 4.61. The molecule has 0 spiro atoms. The SMILES string of the molecule is Cc1nc([C@@H]2CCCN2COCC(C)(C)Oc2ccc(Cl)cc2)sc1C. The summed E-state index contributed by atoms with van der Waals surface area (Å²) in [5.74, 6) is 0.802. The second-order valence-corrected chi connectivity index (χ2v) is 9.13. The fourth-order valence-electron chi connectivity index (χ4n) is 3.16. The fourth-order valence-corrected chi connectivity index (χ4v) is 4.38. The van der Waals surface area contributed by atoms with Crippen LogP contribution in [0.1, 0.15) is 48.3 Å². The first kappa shape index (κ1) is 19.6. The summed E-state index contributed by atoms with van der Waals surface area (Å²) in [4.78, 5) is 8.44. The topological polar surface area (TPSA) is 34.6 Å². The molecular weight excluding hydrogens is 368 g/mol. The predicted molar refractivity (Wildman–Crippen MR) is 107 cm³/mol. The zero-order valence-electron chi connectivity index (χ0n) is 15.9. The highest BCUT2D eigenvalue weighted by Crippen LogP contribution is 2.35. The second kappa shape index (κ2) is 8.26. The number of ether oxygens (including phenoxy) is 2. The van der Waals surface area contributed by atoms with Crippen molar-refractivity contribution in [3.8, 4) is 5.75 Å². The summed E-state index contributed by atoms with van der Waals surface area (Å²) in [6.07, 6.45) is 2.34. The number of hydrogen-bond donors (Lipinski definition) is 0. The summed E-state index contributed by atoms with van der Waals surface area (Å²) in [5, 5.41) is 1.93. The number of hydrogen-bond acceptors (Lipinski definition) is 5.